The number of nitrogens with zero attached hydrogens (tertiary/aromatic N) is 2. The van der Waals surface area contributed by atoms with Crippen LogP contribution in [-0.2, 0) is 13.5 Å². The molecule has 86 valence electrons. The van der Waals surface area contributed by atoms with E-state index in [-0.39, 0.29) is 0 Å². The molecule has 1 rings (SSSR count). The molecule has 0 amide bonds. The average Bonchev–Trinajstić information content (AvgIpc) is 2.58. The van der Waals surface area contributed by atoms with Crippen molar-refractivity contribution in [1.82, 2.24) is 14.9 Å². The number of hydrogen-bond acceptors (Lipinski definition) is 2. The Morgan fingerprint density at radius 3 is 2.67 bits per heavy atom. The van der Waals surface area contributed by atoms with E-state index < -0.39 is 0 Å². The van der Waals surface area contributed by atoms with Crippen molar-refractivity contribution >= 4 is 0 Å². The first kappa shape index (κ1) is 12.2. The summed E-state index contributed by atoms with van der Waals surface area (Å²) >= 11 is 0. The van der Waals surface area contributed by atoms with Crippen LogP contribution >= 0.6 is 0 Å². The van der Waals surface area contributed by atoms with Crippen molar-refractivity contribution in [2.24, 2.45) is 18.9 Å². The van der Waals surface area contributed by atoms with Gasteiger partial charge in [0.15, 0.2) is 0 Å². The van der Waals surface area contributed by atoms with E-state index in [0.29, 0.717) is 0 Å². The van der Waals surface area contributed by atoms with Crippen molar-refractivity contribution in [3.8, 4) is 0 Å². The molecule has 0 bridgehead atoms. The summed E-state index contributed by atoms with van der Waals surface area (Å²) in [6, 6.07) is 0. The molecule has 0 aliphatic carbocycles. The molecule has 3 nitrogen and oxygen atoms in total. The molecule has 0 fully saturated rings. The van der Waals surface area contributed by atoms with Crippen LogP contribution in [0, 0.1) is 11.8 Å². The fourth-order valence-electron chi connectivity index (χ4n) is 1.89. The molecule has 3 heteroatoms. The van der Waals surface area contributed by atoms with Crippen molar-refractivity contribution in [2.45, 2.75) is 26.7 Å². The van der Waals surface area contributed by atoms with E-state index in [4.69, 9.17) is 0 Å². The van der Waals surface area contributed by atoms with Crippen LogP contribution in [0.4, 0.5) is 0 Å². The summed E-state index contributed by atoms with van der Waals surface area (Å²) in [5, 5.41) is 3.27. The van der Waals surface area contributed by atoms with Crippen LogP contribution < -0.4 is 5.32 Å². The Balaban J connectivity index is 2.43. The lowest BCUT2D eigenvalue weighted by Crippen LogP contribution is -2.24. The lowest BCUT2D eigenvalue weighted by molar-refractivity contribution is 0.346. The van der Waals surface area contributed by atoms with Gasteiger partial charge in [0, 0.05) is 25.9 Å². The van der Waals surface area contributed by atoms with Gasteiger partial charge in [0.05, 0.1) is 0 Å². The minimum atomic E-state index is 0.734. The van der Waals surface area contributed by atoms with Crippen LogP contribution in [0.1, 0.15) is 26.1 Å². The average molecular weight is 209 g/mol. The largest absolute Gasteiger partial charge is 0.338 e. The van der Waals surface area contributed by atoms with Crippen molar-refractivity contribution < 1.29 is 0 Å². The van der Waals surface area contributed by atoms with E-state index in [1.807, 2.05) is 19.4 Å². The maximum absolute atomic E-state index is 4.35. The first-order valence-corrected chi connectivity index (χ1v) is 5.76. The molecule has 1 atom stereocenters. The van der Waals surface area contributed by atoms with Gasteiger partial charge in [-0.1, -0.05) is 13.8 Å². The molecule has 0 aliphatic heterocycles. The molecule has 0 radical (unpaired) electrons. The highest BCUT2D eigenvalue weighted by atomic mass is 15.0. The van der Waals surface area contributed by atoms with Crippen LogP contribution in [-0.4, -0.2) is 23.1 Å². The summed E-state index contributed by atoms with van der Waals surface area (Å²) in [6.45, 7) is 5.68. The first-order chi connectivity index (χ1) is 7.15. The van der Waals surface area contributed by atoms with E-state index in [0.717, 1.165) is 24.8 Å². The Morgan fingerprint density at radius 2 is 2.20 bits per heavy atom. The molecular formula is C12H23N3. The van der Waals surface area contributed by atoms with Crippen LogP contribution in [0.3, 0.4) is 0 Å². The van der Waals surface area contributed by atoms with Gasteiger partial charge in [0.2, 0.25) is 0 Å². The summed E-state index contributed by atoms with van der Waals surface area (Å²) in [6.07, 6.45) is 6.17. The SMILES string of the molecule is CNCC(CCc1nccn1C)C(C)C. The molecule has 15 heavy (non-hydrogen) atoms. The van der Waals surface area contributed by atoms with Crippen LogP contribution in [0.5, 0.6) is 0 Å². The van der Waals surface area contributed by atoms with E-state index in [1.54, 1.807) is 0 Å². The van der Waals surface area contributed by atoms with E-state index in [1.165, 1.54) is 12.2 Å². The van der Waals surface area contributed by atoms with Gasteiger partial charge in [-0.05, 0) is 31.8 Å². The maximum atomic E-state index is 4.35. The second-order valence-corrected chi connectivity index (χ2v) is 4.55. The summed E-state index contributed by atoms with van der Waals surface area (Å²) < 4.78 is 2.11. The van der Waals surface area contributed by atoms with E-state index in [2.05, 4.69) is 35.8 Å². The molecule has 0 aromatic carbocycles. The molecule has 0 saturated heterocycles. The van der Waals surface area contributed by atoms with Gasteiger partial charge in [0.25, 0.3) is 0 Å². The smallest absolute Gasteiger partial charge is 0.108 e. The number of rotatable bonds is 6. The van der Waals surface area contributed by atoms with Crippen LogP contribution in [0.15, 0.2) is 12.4 Å². The Morgan fingerprint density at radius 1 is 1.47 bits per heavy atom. The van der Waals surface area contributed by atoms with Crippen molar-refractivity contribution in [3.05, 3.63) is 18.2 Å². The van der Waals surface area contributed by atoms with Gasteiger partial charge < -0.3 is 9.88 Å². The number of aromatic nitrogens is 2. The van der Waals surface area contributed by atoms with E-state index in [9.17, 15) is 0 Å². The predicted molar refractivity (Wildman–Crippen MR) is 63.8 cm³/mol. The zero-order chi connectivity index (χ0) is 11.3. The van der Waals surface area contributed by atoms with Crippen molar-refractivity contribution in [3.63, 3.8) is 0 Å². The first-order valence-electron chi connectivity index (χ1n) is 5.76. The monoisotopic (exact) mass is 209 g/mol. The highest BCUT2D eigenvalue weighted by Crippen LogP contribution is 2.16. The molecule has 1 N–H and O–H groups in total. The Labute approximate surface area is 92.9 Å². The maximum Gasteiger partial charge on any atom is 0.108 e. The third-order valence-electron chi connectivity index (χ3n) is 3.07. The van der Waals surface area contributed by atoms with Crippen molar-refractivity contribution in [1.29, 1.82) is 0 Å². The zero-order valence-corrected chi connectivity index (χ0v) is 10.3. The summed E-state index contributed by atoms with van der Waals surface area (Å²) in [4.78, 5) is 4.35. The summed E-state index contributed by atoms with van der Waals surface area (Å²) in [5.41, 5.74) is 0. The third-order valence-corrected chi connectivity index (χ3v) is 3.07. The van der Waals surface area contributed by atoms with Crippen molar-refractivity contribution in [2.75, 3.05) is 13.6 Å². The zero-order valence-electron chi connectivity index (χ0n) is 10.3. The topological polar surface area (TPSA) is 29.9 Å². The van der Waals surface area contributed by atoms with Gasteiger partial charge in [0.1, 0.15) is 5.82 Å². The standard InChI is InChI=1S/C12H23N3/c1-10(2)11(9-13-3)5-6-12-14-7-8-15(12)4/h7-8,10-11,13H,5-6,9H2,1-4H3. The highest BCUT2D eigenvalue weighted by Gasteiger charge is 2.13. The summed E-state index contributed by atoms with van der Waals surface area (Å²) in [5.74, 6) is 2.67. The molecule has 1 aromatic rings. The van der Waals surface area contributed by atoms with Gasteiger partial charge in [-0.3, -0.25) is 0 Å². The molecule has 1 unspecified atom stereocenters. The normalized spacial score (nSPS) is 13.4. The molecule has 0 saturated carbocycles. The Hall–Kier alpha value is -0.830. The second kappa shape index (κ2) is 5.91. The highest BCUT2D eigenvalue weighted by molar-refractivity contribution is 4.91. The number of aryl methyl sites for hydroxylation is 2. The van der Waals surface area contributed by atoms with Gasteiger partial charge in [-0.2, -0.15) is 0 Å². The minimum Gasteiger partial charge on any atom is -0.338 e. The quantitative estimate of drug-likeness (QED) is 0.775. The minimum absolute atomic E-state index is 0.734. The summed E-state index contributed by atoms with van der Waals surface area (Å²) in [7, 11) is 4.08. The Bertz CT molecular complexity index is 278. The Kier molecular flexibility index (Phi) is 4.82. The van der Waals surface area contributed by atoms with Crippen LogP contribution in [0.25, 0.3) is 0 Å². The molecule has 0 aliphatic rings. The molecule has 0 spiro atoms. The molecule has 1 aromatic heterocycles. The molecule has 1 heterocycles. The van der Waals surface area contributed by atoms with Gasteiger partial charge in [-0.25, -0.2) is 4.98 Å². The fourth-order valence-corrected chi connectivity index (χ4v) is 1.89. The van der Waals surface area contributed by atoms with E-state index >= 15 is 0 Å². The number of nitrogens with one attached hydrogen (secondary N) is 1. The lowest BCUT2D eigenvalue weighted by Gasteiger charge is -2.20. The van der Waals surface area contributed by atoms with Gasteiger partial charge in [-0.15, -0.1) is 0 Å². The predicted octanol–water partition coefficient (Wildman–Crippen LogP) is 1.84. The second-order valence-electron chi connectivity index (χ2n) is 4.55. The van der Waals surface area contributed by atoms with Crippen LogP contribution in [0.2, 0.25) is 0 Å². The number of hydrogen-bond donors (Lipinski definition) is 1. The third kappa shape index (κ3) is 3.67. The molecular weight excluding hydrogens is 186 g/mol. The van der Waals surface area contributed by atoms with Gasteiger partial charge >= 0.3 is 0 Å². The lowest BCUT2D eigenvalue weighted by atomic mass is 9.91. The number of imidazole rings is 1. The fraction of sp³-hybridized carbons (Fsp3) is 0.750.